The standard InChI is InChI=1S/C13H14N2O4/c1-8-14-10(7-19-8)13(16)15-9-4-5-11(17-2)12(6-9)18-3/h4-7H,1-3H3,(H,15,16). The van der Waals surface area contributed by atoms with E-state index in [2.05, 4.69) is 10.3 Å². The molecule has 0 aliphatic rings. The fraction of sp³-hybridized carbons (Fsp3) is 0.231. The van der Waals surface area contributed by atoms with Crippen LogP contribution in [-0.2, 0) is 0 Å². The summed E-state index contributed by atoms with van der Waals surface area (Å²) in [7, 11) is 3.08. The number of methoxy groups -OCH3 is 2. The number of aromatic nitrogens is 1. The molecular formula is C13H14N2O4. The lowest BCUT2D eigenvalue weighted by molar-refractivity contribution is 0.102. The second-order valence-corrected chi connectivity index (χ2v) is 3.78. The Morgan fingerprint density at radius 3 is 2.58 bits per heavy atom. The first-order valence-electron chi connectivity index (χ1n) is 5.59. The fourth-order valence-electron chi connectivity index (χ4n) is 1.58. The molecule has 0 atom stereocenters. The Balaban J connectivity index is 2.17. The van der Waals surface area contributed by atoms with E-state index in [4.69, 9.17) is 13.9 Å². The Morgan fingerprint density at radius 2 is 2.00 bits per heavy atom. The van der Waals surface area contributed by atoms with Crippen LogP contribution in [0, 0.1) is 6.92 Å². The summed E-state index contributed by atoms with van der Waals surface area (Å²) in [4.78, 5) is 15.8. The zero-order valence-electron chi connectivity index (χ0n) is 10.9. The number of carbonyl (C=O) groups excluding carboxylic acids is 1. The van der Waals surface area contributed by atoms with Gasteiger partial charge in [0.2, 0.25) is 0 Å². The molecular weight excluding hydrogens is 248 g/mol. The first kappa shape index (κ1) is 12.9. The Morgan fingerprint density at radius 1 is 1.26 bits per heavy atom. The van der Waals surface area contributed by atoms with Crippen molar-refractivity contribution in [1.82, 2.24) is 4.98 Å². The summed E-state index contributed by atoms with van der Waals surface area (Å²) in [5, 5.41) is 2.70. The van der Waals surface area contributed by atoms with E-state index in [0.717, 1.165) is 0 Å². The average molecular weight is 262 g/mol. The molecule has 0 unspecified atom stereocenters. The molecule has 0 spiro atoms. The monoisotopic (exact) mass is 262 g/mol. The van der Waals surface area contributed by atoms with Gasteiger partial charge in [-0.2, -0.15) is 0 Å². The zero-order valence-corrected chi connectivity index (χ0v) is 10.9. The lowest BCUT2D eigenvalue weighted by atomic mass is 10.2. The third-order valence-electron chi connectivity index (χ3n) is 2.49. The zero-order chi connectivity index (χ0) is 13.8. The lowest BCUT2D eigenvalue weighted by Crippen LogP contribution is -2.12. The van der Waals surface area contributed by atoms with Gasteiger partial charge < -0.3 is 19.2 Å². The molecule has 0 aliphatic carbocycles. The van der Waals surface area contributed by atoms with E-state index in [1.54, 1.807) is 32.2 Å². The predicted molar refractivity (Wildman–Crippen MR) is 68.7 cm³/mol. The number of aryl methyl sites for hydroxylation is 1. The molecule has 100 valence electrons. The minimum Gasteiger partial charge on any atom is -0.493 e. The molecule has 19 heavy (non-hydrogen) atoms. The number of nitrogens with zero attached hydrogens (tertiary/aromatic N) is 1. The van der Waals surface area contributed by atoms with Crippen molar-refractivity contribution in [2.75, 3.05) is 19.5 Å². The highest BCUT2D eigenvalue weighted by Gasteiger charge is 2.12. The summed E-state index contributed by atoms with van der Waals surface area (Å²) in [6.07, 6.45) is 1.31. The van der Waals surface area contributed by atoms with E-state index in [1.165, 1.54) is 13.4 Å². The number of hydrogen-bond acceptors (Lipinski definition) is 5. The van der Waals surface area contributed by atoms with Crippen molar-refractivity contribution in [1.29, 1.82) is 0 Å². The number of nitrogens with one attached hydrogen (secondary N) is 1. The number of carbonyl (C=O) groups is 1. The smallest absolute Gasteiger partial charge is 0.277 e. The molecule has 6 nitrogen and oxygen atoms in total. The Bertz CT molecular complexity index is 592. The first-order valence-corrected chi connectivity index (χ1v) is 5.59. The van der Waals surface area contributed by atoms with Crippen molar-refractivity contribution >= 4 is 11.6 Å². The number of benzene rings is 1. The van der Waals surface area contributed by atoms with Gasteiger partial charge in [-0.15, -0.1) is 0 Å². The molecule has 2 rings (SSSR count). The largest absolute Gasteiger partial charge is 0.493 e. The molecule has 0 saturated heterocycles. The second-order valence-electron chi connectivity index (χ2n) is 3.78. The third-order valence-corrected chi connectivity index (χ3v) is 2.49. The van der Waals surface area contributed by atoms with Gasteiger partial charge in [0.25, 0.3) is 5.91 Å². The third kappa shape index (κ3) is 2.85. The van der Waals surface area contributed by atoms with Gasteiger partial charge in [0.1, 0.15) is 6.26 Å². The van der Waals surface area contributed by atoms with Crippen molar-refractivity contribution in [2.45, 2.75) is 6.92 Å². The predicted octanol–water partition coefficient (Wildman–Crippen LogP) is 2.25. The van der Waals surface area contributed by atoms with Crippen LogP contribution in [0.1, 0.15) is 16.4 Å². The molecule has 6 heteroatoms. The molecule has 2 aromatic rings. The molecule has 0 radical (unpaired) electrons. The highest BCUT2D eigenvalue weighted by atomic mass is 16.5. The maximum atomic E-state index is 11.9. The average Bonchev–Trinajstić information content (AvgIpc) is 2.85. The molecule has 0 aliphatic heterocycles. The van der Waals surface area contributed by atoms with E-state index >= 15 is 0 Å². The molecule has 1 heterocycles. The van der Waals surface area contributed by atoms with Crippen molar-refractivity contribution in [3.8, 4) is 11.5 Å². The van der Waals surface area contributed by atoms with Crippen molar-refractivity contribution in [3.63, 3.8) is 0 Å². The maximum Gasteiger partial charge on any atom is 0.277 e. The van der Waals surface area contributed by atoms with Crippen LogP contribution in [0.15, 0.2) is 28.9 Å². The van der Waals surface area contributed by atoms with E-state index in [0.29, 0.717) is 23.1 Å². The second kappa shape index (κ2) is 5.43. The van der Waals surface area contributed by atoms with Crippen LogP contribution in [0.2, 0.25) is 0 Å². The highest BCUT2D eigenvalue weighted by Crippen LogP contribution is 2.29. The summed E-state index contributed by atoms with van der Waals surface area (Å²) >= 11 is 0. The molecule has 0 fully saturated rings. The van der Waals surface area contributed by atoms with Gasteiger partial charge in [-0.05, 0) is 12.1 Å². The molecule has 0 bridgehead atoms. The number of anilines is 1. The van der Waals surface area contributed by atoms with E-state index in [9.17, 15) is 4.79 Å². The van der Waals surface area contributed by atoms with E-state index in [1.807, 2.05) is 0 Å². The van der Waals surface area contributed by atoms with Crippen LogP contribution in [0.3, 0.4) is 0 Å². The normalized spacial score (nSPS) is 10.1. The van der Waals surface area contributed by atoms with Crippen LogP contribution in [0.4, 0.5) is 5.69 Å². The number of ether oxygens (including phenoxy) is 2. The molecule has 1 aromatic carbocycles. The van der Waals surface area contributed by atoms with Gasteiger partial charge in [-0.25, -0.2) is 4.98 Å². The maximum absolute atomic E-state index is 11.9. The summed E-state index contributed by atoms with van der Waals surface area (Å²) in [6, 6.07) is 5.10. The lowest BCUT2D eigenvalue weighted by Gasteiger charge is -2.09. The quantitative estimate of drug-likeness (QED) is 0.914. The summed E-state index contributed by atoms with van der Waals surface area (Å²) in [5.41, 5.74) is 0.815. The van der Waals surface area contributed by atoms with Gasteiger partial charge in [-0.1, -0.05) is 0 Å². The summed E-state index contributed by atoms with van der Waals surface area (Å²) < 4.78 is 15.3. The minimum atomic E-state index is -0.343. The fourth-order valence-corrected chi connectivity index (χ4v) is 1.58. The van der Waals surface area contributed by atoms with Crippen LogP contribution in [0.25, 0.3) is 0 Å². The van der Waals surface area contributed by atoms with Crippen LogP contribution in [-0.4, -0.2) is 25.1 Å². The molecule has 1 N–H and O–H groups in total. The van der Waals surface area contributed by atoms with Gasteiger partial charge >= 0.3 is 0 Å². The number of oxazole rings is 1. The van der Waals surface area contributed by atoms with Gasteiger partial charge in [-0.3, -0.25) is 4.79 Å². The Labute approximate surface area is 110 Å². The number of amides is 1. The SMILES string of the molecule is COc1ccc(NC(=O)c2coc(C)n2)cc1OC. The molecule has 0 saturated carbocycles. The topological polar surface area (TPSA) is 73.6 Å². The van der Waals surface area contributed by atoms with E-state index < -0.39 is 0 Å². The van der Waals surface area contributed by atoms with Gasteiger partial charge in [0.05, 0.1) is 14.2 Å². The first-order chi connectivity index (χ1) is 9.13. The Kier molecular flexibility index (Phi) is 3.70. The number of hydrogen-bond donors (Lipinski definition) is 1. The van der Waals surface area contributed by atoms with Crippen molar-refractivity contribution in [2.24, 2.45) is 0 Å². The van der Waals surface area contributed by atoms with Crippen molar-refractivity contribution < 1.29 is 18.7 Å². The highest BCUT2D eigenvalue weighted by molar-refractivity contribution is 6.02. The van der Waals surface area contributed by atoms with Gasteiger partial charge in [0, 0.05) is 18.7 Å². The minimum absolute atomic E-state index is 0.229. The molecule has 1 amide bonds. The van der Waals surface area contributed by atoms with Gasteiger partial charge in [0.15, 0.2) is 23.1 Å². The van der Waals surface area contributed by atoms with Crippen LogP contribution >= 0.6 is 0 Å². The molecule has 1 aromatic heterocycles. The van der Waals surface area contributed by atoms with E-state index in [-0.39, 0.29) is 11.6 Å². The van der Waals surface area contributed by atoms with Crippen LogP contribution in [0.5, 0.6) is 11.5 Å². The summed E-state index contributed by atoms with van der Waals surface area (Å²) in [6.45, 7) is 1.67. The Hall–Kier alpha value is -2.50. The number of rotatable bonds is 4. The summed E-state index contributed by atoms with van der Waals surface area (Å²) in [5.74, 6) is 1.23. The van der Waals surface area contributed by atoms with Crippen molar-refractivity contribution in [3.05, 3.63) is 36.0 Å². The van der Waals surface area contributed by atoms with Crippen LogP contribution < -0.4 is 14.8 Å².